The van der Waals surface area contributed by atoms with Crippen LogP contribution in [0.2, 0.25) is 15.1 Å². The Bertz CT molecular complexity index is 1240. The van der Waals surface area contributed by atoms with E-state index >= 15 is 0 Å². The maximum atomic E-state index is 12.5. The lowest BCUT2D eigenvalue weighted by molar-refractivity contribution is -0.112. The Balaban J connectivity index is 1.79. The number of nitrogens with one attached hydrogen (secondary N) is 1. The van der Waals surface area contributed by atoms with Crippen LogP contribution in [-0.2, 0) is 11.4 Å². The van der Waals surface area contributed by atoms with Gasteiger partial charge >= 0.3 is 0 Å². The van der Waals surface area contributed by atoms with Gasteiger partial charge in [-0.05, 0) is 86.6 Å². The van der Waals surface area contributed by atoms with Gasteiger partial charge in [-0.1, -0.05) is 53.0 Å². The number of amides is 1. The third-order valence-electron chi connectivity index (χ3n) is 4.21. The van der Waals surface area contributed by atoms with Gasteiger partial charge in [-0.2, -0.15) is 5.26 Å². The highest BCUT2D eigenvalue weighted by Gasteiger charge is 2.14. The number of anilines is 1. The molecule has 0 aliphatic carbocycles. The van der Waals surface area contributed by atoms with Gasteiger partial charge in [0.2, 0.25) is 0 Å². The fraction of sp³-hybridized carbons (Fsp3) is 0.0435. The highest BCUT2D eigenvalue weighted by Crippen LogP contribution is 2.34. The van der Waals surface area contributed by atoms with E-state index in [1.54, 1.807) is 48.5 Å². The number of carbonyl (C=O) groups excluding carboxylic acids is 1. The summed E-state index contributed by atoms with van der Waals surface area (Å²) in [5.41, 5.74) is 1.82. The van der Waals surface area contributed by atoms with E-state index in [-0.39, 0.29) is 12.2 Å². The molecule has 0 unspecified atom stereocenters. The van der Waals surface area contributed by atoms with Crippen LogP contribution in [0.25, 0.3) is 6.08 Å². The molecule has 1 N–H and O–H groups in total. The van der Waals surface area contributed by atoms with E-state index in [1.807, 2.05) is 12.1 Å². The number of nitrogens with zero attached hydrogens (tertiary/aromatic N) is 1. The second-order valence-electron chi connectivity index (χ2n) is 6.44. The lowest BCUT2D eigenvalue weighted by Gasteiger charge is -2.13. The van der Waals surface area contributed by atoms with Crippen molar-refractivity contribution in [1.82, 2.24) is 0 Å². The van der Waals surface area contributed by atoms with Gasteiger partial charge in [0, 0.05) is 15.6 Å². The number of hydrogen-bond acceptors (Lipinski definition) is 3. The van der Waals surface area contributed by atoms with E-state index in [0.29, 0.717) is 36.5 Å². The Morgan fingerprint density at radius 2 is 1.88 bits per heavy atom. The molecule has 1 amide bonds. The molecular formula is C23H13BrCl3IN2O2. The molecule has 9 heteroatoms. The summed E-state index contributed by atoms with van der Waals surface area (Å²) in [6.07, 6.45) is 1.50. The second-order valence-corrected chi connectivity index (χ2v) is 9.71. The number of para-hydroxylation sites is 1. The van der Waals surface area contributed by atoms with Crippen LogP contribution in [0.1, 0.15) is 11.1 Å². The molecule has 0 fully saturated rings. The lowest BCUT2D eigenvalue weighted by atomic mass is 10.1. The van der Waals surface area contributed by atoms with Gasteiger partial charge in [0.1, 0.15) is 24.0 Å². The summed E-state index contributed by atoms with van der Waals surface area (Å²) in [4.78, 5) is 12.5. The van der Waals surface area contributed by atoms with Crippen LogP contribution in [0.15, 0.2) is 64.6 Å². The van der Waals surface area contributed by atoms with E-state index in [9.17, 15) is 10.1 Å². The maximum Gasteiger partial charge on any atom is 0.266 e. The molecule has 4 nitrogen and oxygen atoms in total. The summed E-state index contributed by atoms with van der Waals surface area (Å²) in [6, 6.07) is 17.5. The average molecular weight is 663 g/mol. The smallest absolute Gasteiger partial charge is 0.266 e. The fourth-order valence-corrected chi connectivity index (χ4v) is 5.07. The van der Waals surface area contributed by atoms with Gasteiger partial charge in [-0.25, -0.2) is 0 Å². The Kier molecular flexibility index (Phi) is 8.86. The normalized spacial score (nSPS) is 11.1. The summed E-state index contributed by atoms with van der Waals surface area (Å²) in [5, 5.41) is 13.6. The number of halogens is 5. The molecule has 0 aromatic heterocycles. The zero-order chi connectivity index (χ0) is 23.3. The van der Waals surface area contributed by atoms with E-state index < -0.39 is 5.91 Å². The van der Waals surface area contributed by atoms with Crippen molar-refractivity contribution < 1.29 is 9.53 Å². The molecule has 0 radical (unpaired) electrons. The predicted molar refractivity (Wildman–Crippen MR) is 141 cm³/mol. The van der Waals surface area contributed by atoms with Crippen LogP contribution in [0.4, 0.5) is 5.69 Å². The topological polar surface area (TPSA) is 62.1 Å². The number of hydrogen-bond donors (Lipinski definition) is 1. The third-order valence-corrected chi connectivity index (χ3v) is 6.51. The molecule has 3 aromatic carbocycles. The fourth-order valence-electron chi connectivity index (χ4n) is 2.66. The van der Waals surface area contributed by atoms with Gasteiger partial charge in [-0.3, -0.25) is 4.79 Å². The zero-order valence-corrected chi connectivity index (χ0v) is 22.1. The molecule has 162 valence electrons. The Morgan fingerprint density at radius 3 is 2.53 bits per heavy atom. The molecule has 32 heavy (non-hydrogen) atoms. The Labute approximate surface area is 222 Å². The molecule has 0 bridgehead atoms. The van der Waals surface area contributed by atoms with Crippen LogP contribution >= 0.6 is 73.3 Å². The first-order valence-corrected chi connectivity index (χ1v) is 12.0. The predicted octanol–water partition coefficient (Wildman–Crippen LogP) is 8.14. The SMILES string of the molecule is N#C/C(=C\c1cc(Br)c(OCc2ccc(Cl)cc2Cl)c(I)c1)C(=O)Nc1ccccc1Cl. The number of ether oxygens (including phenoxy) is 1. The first-order chi connectivity index (χ1) is 15.3. The van der Waals surface area contributed by atoms with Gasteiger partial charge in [0.25, 0.3) is 5.91 Å². The molecule has 0 saturated heterocycles. The Morgan fingerprint density at radius 1 is 1.12 bits per heavy atom. The number of rotatable bonds is 6. The van der Waals surface area contributed by atoms with Crippen LogP contribution in [-0.4, -0.2) is 5.91 Å². The molecular weight excluding hydrogens is 649 g/mol. The van der Waals surface area contributed by atoms with Gasteiger partial charge < -0.3 is 10.1 Å². The van der Waals surface area contributed by atoms with Crippen molar-refractivity contribution in [1.29, 1.82) is 5.26 Å². The molecule has 0 atom stereocenters. The van der Waals surface area contributed by atoms with Crippen molar-refractivity contribution in [2.45, 2.75) is 6.61 Å². The van der Waals surface area contributed by atoms with E-state index in [1.165, 1.54) is 6.08 Å². The average Bonchev–Trinajstić information content (AvgIpc) is 2.74. The number of nitriles is 1. The summed E-state index contributed by atoms with van der Waals surface area (Å²) >= 11 is 23.8. The maximum absolute atomic E-state index is 12.5. The van der Waals surface area contributed by atoms with Gasteiger partial charge in [0.15, 0.2) is 0 Å². The van der Waals surface area contributed by atoms with Crippen LogP contribution in [0, 0.1) is 14.9 Å². The van der Waals surface area contributed by atoms with E-state index in [4.69, 9.17) is 39.5 Å². The van der Waals surface area contributed by atoms with E-state index in [2.05, 4.69) is 43.8 Å². The van der Waals surface area contributed by atoms with Gasteiger partial charge in [0.05, 0.1) is 18.8 Å². The molecule has 0 heterocycles. The molecule has 0 saturated carbocycles. The highest BCUT2D eigenvalue weighted by atomic mass is 127. The first kappa shape index (κ1) is 24.9. The zero-order valence-electron chi connectivity index (χ0n) is 16.1. The van der Waals surface area contributed by atoms with E-state index in [0.717, 1.165) is 9.13 Å². The van der Waals surface area contributed by atoms with Gasteiger partial charge in [-0.15, -0.1) is 0 Å². The second kappa shape index (κ2) is 11.4. The summed E-state index contributed by atoms with van der Waals surface area (Å²) in [5.74, 6) is 0.0669. The molecule has 0 spiro atoms. The monoisotopic (exact) mass is 660 g/mol. The standard InChI is InChI=1S/C23H13BrCl3IN2O2/c24-17-8-13(7-15(11-29)23(31)30-21-4-2-1-3-18(21)26)9-20(28)22(17)32-12-14-5-6-16(25)10-19(14)27/h1-10H,12H2,(H,30,31)/b15-7+. The van der Waals surface area contributed by atoms with Crippen molar-refractivity contribution in [2.75, 3.05) is 5.32 Å². The number of carbonyl (C=O) groups is 1. The van der Waals surface area contributed by atoms with Crippen molar-refractivity contribution in [3.05, 3.63) is 94.4 Å². The molecule has 0 aliphatic rings. The van der Waals surface area contributed by atoms with Crippen molar-refractivity contribution in [2.24, 2.45) is 0 Å². The van der Waals surface area contributed by atoms with Crippen molar-refractivity contribution >= 4 is 91.0 Å². The molecule has 3 aromatic rings. The van der Waals surface area contributed by atoms with Crippen LogP contribution < -0.4 is 10.1 Å². The van der Waals surface area contributed by atoms with Crippen LogP contribution in [0.3, 0.4) is 0 Å². The largest absolute Gasteiger partial charge is 0.487 e. The minimum Gasteiger partial charge on any atom is -0.487 e. The highest BCUT2D eigenvalue weighted by molar-refractivity contribution is 14.1. The van der Waals surface area contributed by atoms with Crippen LogP contribution in [0.5, 0.6) is 5.75 Å². The minimum atomic E-state index is -0.551. The third kappa shape index (κ3) is 6.40. The Hall–Kier alpha value is -1.76. The molecule has 0 aliphatic heterocycles. The summed E-state index contributed by atoms with van der Waals surface area (Å²) < 4.78 is 7.40. The summed E-state index contributed by atoms with van der Waals surface area (Å²) in [7, 11) is 0. The van der Waals surface area contributed by atoms with Crippen molar-refractivity contribution in [3.8, 4) is 11.8 Å². The summed E-state index contributed by atoms with van der Waals surface area (Å²) in [6.45, 7) is 0.253. The first-order valence-electron chi connectivity index (χ1n) is 9.02. The number of benzene rings is 3. The minimum absolute atomic E-state index is 0.0609. The van der Waals surface area contributed by atoms with Crippen molar-refractivity contribution in [3.63, 3.8) is 0 Å². The lowest BCUT2D eigenvalue weighted by Crippen LogP contribution is -2.13. The quantitative estimate of drug-likeness (QED) is 0.165. The molecule has 3 rings (SSSR count).